The Kier molecular flexibility index (Phi) is 7.88. The first kappa shape index (κ1) is 26.9. The first-order chi connectivity index (χ1) is 19.4. The molecule has 10 nitrogen and oxygen atoms in total. The number of benzene rings is 1. The van der Waals surface area contributed by atoms with Crippen molar-refractivity contribution in [3.05, 3.63) is 58.5 Å². The van der Waals surface area contributed by atoms with Gasteiger partial charge in [0.25, 0.3) is 5.91 Å². The molecule has 0 unspecified atom stereocenters. The fourth-order valence-electron chi connectivity index (χ4n) is 5.88. The lowest BCUT2D eigenvalue weighted by Crippen LogP contribution is -2.50. The first-order valence-corrected chi connectivity index (χ1v) is 14.8. The van der Waals surface area contributed by atoms with Gasteiger partial charge >= 0.3 is 0 Å². The van der Waals surface area contributed by atoms with E-state index in [1.807, 2.05) is 30.8 Å². The second kappa shape index (κ2) is 11.7. The number of fused-ring (bicyclic) bond motifs is 5. The van der Waals surface area contributed by atoms with E-state index in [1.54, 1.807) is 28.3 Å². The molecule has 4 bridgehead atoms. The van der Waals surface area contributed by atoms with E-state index in [0.717, 1.165) is 16.7 Å². The molecular formula is C29H35N5O5S. The Morgan fingerprint density at radius 2 is 2.08 bits per heavy atom. The average molecular weight is 566 g/mol. The molecule has 3 aliphatic rings. The molecule has 212 valence electrons. The summed E-state index contributed by atoms with van der Waals surface area (Å²) in [6.45, 7) is 1.77. The molecule has 0 aliphatic carbocycles. The Labute approximate surface area is 237 Å². The van der Waals surface area contributed by atoms with Crippen molar-refractivity contribution in [2.45, 2.75) is 62.6 Å². The van der Waals surface area contributed by atoms with Gasteiger partial charge in [0.1, 0.15) is 11.9 Å². The predicted molar refractivity (Wildman–Crippen MR) is 150 cm³/mol. The van der Waals surface area contributed by atoms with Crippen molar-refractivity contribution in [3.63, 3.8) is 0 Å². The van der Waals surface area contributed by atoms with E-state index in [-0.39, 0.29) is 30.5 Å². The van der Waals surface area contributed by atoms with Crippen molar-refractivity contribution in [3.8, 4) is 16.9 Å². The van der Waals surface area contributed by atoms with Crippen molar-refractivity contribution in [2.24, 2.45) is 7.05 Å². The maximum atomic E-state index is 13.6. The van der Waals surface area contributed by atoms with Crippen LogP contribution in [0.25, 0.3) is 11.1 Å². The van der Waals surface area contributed by atoms with Gasteiger partial charge in [-0.3, -0.25) is 19.2 Å². The zero-order chi connectivity index (χ0) is 27.6. The van der Waals surface area contributed by atoms with Gasteiger partial charge in [0, 0.05) is 50.9 Å². The van der Waals surface area contributed by atoms with Crippen LogP contribution in [0.3, 0.4) is 0 Å². The van der Waals surface area contributed by atoms with Crippen LogP contribution in [-0.4, -0.2) is 81.7 Å². The smallest absolute Gasteiger partial charge is 0.255 e. The SMILES string of the molecule is Cn1cc(-c2ccc3c(c2)OCC[C@@H]2CC[C@H](O)[C@@H](CNC(=O)[C@@H]4C[C@@H](CN4Cc4ccsc4)NC3=O)O2)cn1. The zero-order valence-corrected chi connectivity index (χ0v) is 23.3. The third kappa shape index (κ3) is 5.92. The zero-order valence-electron chi connectivity index (χ0n) is 22.5. The number of aliphatic hydroxyl groups is 1. The molecule has 5 atom stereocenters. The van der Waals surface area contributed by atoms with Crippen LogP contribution in [0.15, 0.2) is 47.4 Å². The van der Waals surface area contributed by atoms with Gasteiger partial charge in [-0.05, 0) is 59.3 Å². The van der Waals surface area contributed by atoms with Crippen molar-refractivity contribution < 1.29 is 24.2 Å². The maximum absolute atomic E-state index is 13.6. The number of rotatable bonds is 3. The van der Waals surface area contributed by atoms with Gasteiger partial charge < -0.3 is 25.2 Å². The van der Waals surface area contributed by atoms with E-state index < -0.39 is 18.2 Å². The average Bonchev–Trinajstić information content (AvgIpc) is 3.70. The molecule has 0 radical (unpaired) electrons. The number of hydrogen-bond donors (Lipinski definition) is 3. The van der Waals surface area contributed by atoms with E-state index in [0.29, 0.717) is 56.7 Å². The molecule has 0 saturated carbocycles. The summed E-state index contributed by atoms with van der Waals surface area (Å²) >= 11 is 1.62. The fraction of sp³-hybridized carbons (Fsp3) is 0.483. The molecule has 5 heterocycles. The Morgan fingerprint density at radius 1 is 1.18 bits per heavy atom. The Morgan fingerprint density at radius 3 is 2.88 bits per heavy atom. The van der Waals surface area contributed by atoms with E-state index >= 15 is 0 Å². The number of carbonyl (C=O) groups is 2. The summed E-state index contributed by atoms with van der Waals surface area (Å²) in [5, 5.41) is 25.1. The second-order valence-electron chi connectivity index (χ2n) is 10.9. The van der Waals surface area contributed by atoms with Crippen LogP contribution in [0.5, 0.6) is 5.75 Å². The lowest BCUT2D eigenvalue weighted by molar-refractivity contribution is -0.133. The van der Waals surface area contributed by atoms with Gasteiger partial charge in [-0.1, -0.05) is 6.07 Å². The number of nitrogens with one attached hydrogen (secondary N) is 2. The molecule has 3 N–H and O–H groups in total. The lowest BCUT2D eigenvalue weighted by Gasteiger charge is -2.34. The van der Waals surface area contributed by atoms with Crippen LogP contribution in [0.1, 0.15) is 41.6 Å². The number of aromatic nitrogens is 2. The largest absolute Gasteiger partial charge is 0.493 e. The lowest BCUT2D eigenvalue weighted by atomic mass is 9.99. The monoisotopic (exact) mass is 565 g/mol. The topological polar surface area (TPSA) is 118 Å². The number of ether oxygens (including phenoxy) is 2. The number of hydrogen-bond acceptors (Lipinski definition) is 8. The van der Waals surface area contributed by atoms with Crippen LogP contribution in [0.2, 0.25) is 0 Å². The van der Waals surface area contributed by atoms with Crippen LogP contribution >= 0.6 is 11.3 Å². The molecule has 2 fully saturated rings. The van der Waals surface area contributed by atoms with Crippen molar-refractivity contribution >= 4 is 23.2 Å². The maximum Gasteiger partial charge on any atom is 0.255 e. The van der Waals surface area contributed by atoms with Gasteiger partial charge in [-0.15, -0.1) is 0 Å². The normalized spacial score (nSPS) is 27.9. The second-order valence-corrected chi connectivity index (χ2v) is 11.7. The highest BCUT2D eigenvalue weighted by Gasteiger charge is 2.39. The molecule has 2 amide bonds. The van der Waals surface area contributed by atoms with Crippen LogP contribution < -0.4 is 15.4 Å². The summed E-state index contributed by atoms with van der Waals surface area (Å²) in [5.74, 6) is 0.168. The van der Waals surface area contributed by atoms with E-state index in [9.17, 15) is 14.7 Å². The van der Waals surface area contributed by atoms with E-state index in [2.05, 4.69) is 32.1 Å². The molecule has 11 heteroatoms. The minimum Gasteiger partial charge on any atom is -0.493 e. The third-order valence-corrected chi connectivity index (χ3v) is 8.76. The summed E-state index contributed by atoms with van der Waals surface area (Å²) in [6, 6.07) is 7.03. The number of aliphatic hydroxyl groups excluding tert-OH is 1. The molecular weight excluding hydrogens is 530 g/mol. The van der Waals surface area contributed by atoms with Crippen molar-refractivity contribution in [2.75, 3.05) is 19.7 Å². The predicted octanol–water partition coefficient (Wildman–Crippen LogP) is 2.33. The molecule has 3 aliphatic heterocycles. The number of amides is 2. The number of carbonyl (C=O) groups excluding carboxylic acids is 2. The molecule has 2 aromatic heterocycles. The van der Waals surface area contributed by atoms with Crippen molar-refractivity contribution in [1.82, 2.24) is 25.3 Å². The van der Waals surface area contributed by atoms with Gasteiger partial charge in [-0.2, -0.15) is 16.4 Å². The van der Waals surface area contributed by atoms with E-state index in [4.69, 9.17) is 9.47 Å². The molecule has 2 saturated heterocycles. The molecule has 3 aromatic rings. The van der Waals surface area contributed by atoms with E-state index in [1.165, 1.54) is 0 Å². The number of thiophene rings is 1. The number of likely N-dealkylation sites (tertiary alicyclic amines) is 1. The van der Waals surface area contributed by atoms with Crippen molar-refractivity contribution in [1.29, 1.82) is 0 Å². The summed E-state index contributed by atoms with van der Waals surface area (Å²) in [6.07, 6.45) is 4.90. The summed E-state index contributed by atoms with van der Waals surface area (Å²) < 4.78 is 14.2. The highest BCUT2D eigenvalue weighted by molar-refractivity contribution is 7.07. The van der Waals surface area contributed by atoms with Gasteiger partial charge in [0.05, 0.1) is 36.6 Å². The Bertz CT molecular complexity index is 1340. The van der Waals surface area contributed by atoms with Crippen LogP contribution in [0.4, 0.5) is 0 Å². The summed E-state index contributed by atoms with van der Waals surface area (Å²) in [5.41, 5.74) is 3.43. The minimum absolute atomic E-state index is 0.108. The molecule has 1 aromatic carbocycles. The van der Waals surface area contributed by atoms with Gasteiger partial charge in [0.2, 0.25) is 5.91 Å². The summed E-state index contributed by atoms with van der Waals surface area (Å²) in [4.78, 5) is 29.1. The fourth-order valence-corrected chi connectivity index (χ4v) is 6.54. The molecule has 40 heavy (non-hydrogen) atoms. The van der Waals surface area contributed by atoms with Gasteiger partial charge in [-0.25, -0.2) is 0 Å². The number of nitrogens with zero attached hydrogens (tertiary/aromatic N) is 3. The standard InChI is InChI=1S/C29H35N5O5S/c1-33-15-20(12-31-33)19-2-4-23-26(10-19)38-8-6-22-3-5-25(35)27(39-22)13-30-29(37)24-11-21(32-28(23)36)16-34(24)14-18-7-9-40-17-18/h2,4,7,9-10,12,15,17,21-22,24-25,27,35H,3,5-6,8,11,13-14,16H2,1H3,(H,30,37)(H,32,36)/t21-,22-,24-,25-,27+/m0/s1. The Balaban J connectivity index is 1.29. The Hall–Kier alpha value is -3.25. The highest BCUT2D eigenvalue weighted by atomic mass is 32.1. The van der Waals surface area contributed by atoms with Crippen LogP contribution in [-0.2, 0) is 23.1 Å². The first-order valence-electron chi connectivity index (χ1n) is 13.9. The number of aryl methyl sites for hydroxylation is 1. The molecule has 0 spiro atoms. The van der Waals surface area contributed by atoms with Crippen LogP contribution in [0, 0.1) is 0 Å². The highest BCUT2D eigenvalue weighted by Crippen LogP contribution is 2.30. The third-order valence-electron chi connectivity index (χ3n) is 8.03. The summed E-state index contributed by atoms with van der Waals surface area (Å²) in [7, 11) is 1.86. The quantitative estimate of drug-likeness (QED) is 0.446. The minimum atomic E-state index is -0.628. The molecule has 6 rings (SSSR count). The van der Waals surface area contributed by atoms with Gasteiger partial charge in [0.15, 0.2) is 0 Å².